The molecule has 1 aromatic heterocycles. The van der Waals surface area contributed by atoms with Gasteiger partial charge in [-0.1, -0.05) is 18.2 Å². The predicted molar refractivity (Wildman–Crippen MR) is 104 cm³/mol. The Labute approximate surface area is 153 Å². The Hall–Kier alpha value is -3.15. The van der Waals surface area contributed by atoms with Crippen LogP contribution in [0.2, 0.25) is 0 Å². The summed E-state index contributed by atoms with van der Waals surface area (Å²) in [7, 11) is 1.67. The van der Waals surface area contributed by atoms with Crippen molar-refractivity contribution in [1.29, 1.82) is 0 Å². The lowest BCUT2D eigenvalue weighted by atomic mass is 10.1. The van der Waals surface area contributed by atoms with Gasteiger partial charge in [-0.05, 0) is 61.2 Å². The summed E-state index contributed by atoms with van der Waals surface area (Å²) in [5.41, 5.74) is 4.53. The molecule has 6 nitrogen and oxygen atoms in total. The molecule has 0 atom stereocenters. The van der Waals surface area contributed by atoms with Gasteiger partial charge >= 0.3 is 0 Å². The van der Waals surface area contributed by atoms with E-state index in [1.54, 1.807) is 13.3 Å². The van der Waals surface area contributed by atoms with Gasteiger partial charge in [0.1, 0.15) is 5.75 Å². The maximum Gasteiger partial charge on any atom is 0.249 e. The third-order valence-electron chi connectivity index (χ3n) is 3.89. The molecule has 0 bridgehead atoms. The first-order valence-corrected chi connectivity index (χ1v) is 8.54. The highest BCUT2D eigenvalue weighted by Gasteiger charge is 2.03. The molecule has 0 aliphatic rings. The maximum atomic E-state index is 5.25. The van der Waals surface area contributed by atoms with Crippen LogP contribution in [0.3, 0.4) is 0 Å². The van der Waals surface area contributed by atoms with Crippen LogP contribution in [0.25, 0.3) is 0 Å². The number of methoxy groups -OCH3 is 1. The fraction of sp³-hybridized carbons (Fsp3) is 0.250. The van der Waals surface area contributed by atoms with E-state index in [4.69, 9.17) is 4.74 Å². The lowest BCUT2D eigenvalue weighted by molar-refractivity contribution is 0.414. The van der Waals surface area contributed by atoms with Crippen molar-refractivity contribution >= 4 is 17.5 Å². The summed E-state index contributed by atoms with van der Waals surface area (Å²) >= 11 is 0. The Morgan fingerprint density at radius 1 is 1.04 bits per heavy atom. The lowest BCUT2D eigenvalue weighted by Crippen LogP contribution is -2.09. The second-order valence-electron chi connectivity index (χ2n) is 6.19. The molecular formula is C20H23N5O. The highest BCUT2D eigenvalue weighted by atomic mass is 16.5. The molecule has 26 heavy (non-hydrogen) atoms. The van der Waals surface area contributed by atoms with E-state index < -0.39 is 0 Å². The number of hydrogen-bond acceptors (Lipinski definition) is 6. The molecule has 0 radical (unpaired) electrons. The van der Waals surface area contributed by atoms with Crippen molar-refractivity contribution in [1.82, 2.24) is 15.2 Å². The molecule has 3 aromatic rings. The smallest absolute Gasteiger partial charge is 0.249 e. The van der Waals surface area contributed by atoms with Gasteiger partial charge in [0.25, 0.3) is 0 Å². The molecule has 3 rings (SSSR count). The quantitative estimate of drug-likeness (QED) is 0.674. The van der Waals surface area contributed by atoms with Crippen molar-refractivity contribution in [3.63, 3.8) is 0 Å². The van der Waals surface area contributed by atoms with Crippen molar-refractivity contribution in [2.45, 2.75) is 20.3 Å². The fourth-order valence-corrected chi connectivity index (χ4v) is 2.78. The number of aromatic nitrogens is 3. The van der Waals surface area contributed by atoms with Crippen molar-refractivity contribution in [2.75, 3.05) is 24.3 Å². The van der Waals surface area contributed by atoms with E-state index in [9.17, 15) is 0 Å². The topological polar surface area (TPSA) is 72.0 Å². The van der Waals surface area contributed by atoms with Crippen LogP contribution in [0.1, 0.15) is 16.7 Å². The second-order valence-corrected chi connectivity index (χ2v) is 6.19. The van der Waals surface area contributed by atoms with Crippen LogP contribution in [-0.2, 0) is 6.42 Å². The molecule has 0 spiro atoms. The summed E-state index contributed by atoms with van der Waals surface area (Å²) in [5.74, 6) is 2.03. The Morgan fingerprint density at radius 2 is 1.85 bits per heavy atom. The van der Waals surface area contributed by atoms with Gasteiger partial charge in [-0.2, -0.15) is 10.1 Å². The van der Waals surface area contributed by atoms with E-state index in [2.05, 4.69) is 63.9 Å². The molecule has 0 unspecified atom stereocenters. The minimum Gasteiger partial charge on any atom is -0.497 e. The molecule has 0 aliphatic heterocycles. The monoisotopic (exact) mass is 349 g/mol. The average molecular weight is 349 g/mol. The Balaban J connectivity index is 1.60. The van der Waals surface area contributed by atoms with Gasteiger partial charge in [-0.25, -0.2) is 0 Å². The molecule has 0 aliphatic carbocycles. The third-order valence-corrected chi connectivity index (χ3v) is 3.89. The number of rotatable bonds is 7. The summed E-state index contributed by atoms with van der Waals surface area (Å²) in [6.45, 7) is 4.87. The lowest BCUT2D eigenvalue weighted by Gasteiger charge is -2.09. The van der Waals surface area contributed by atoms with Crippen LogP contribution in [0.15, 0.2) is 48.7 Å². The maximum absolute atomic E-state index is 5.25. The summed E-state index contributed by atoms with van der Waals surface area (Å²) in [6, 6.07) is 14.3. The summed E-state index contributed by atoms with van der Waals surface area (Å²) in [5, 5.41) is 14.6. The van der Waals surface area contributed by atoms with E-state index in [0.29, 0.717) is 11.8 Å². The van der Waals surface area contributed by atoms with Crippen LogP contribution in [0.4, 0.5) is 17.5 Å². The third kappa shape index (κ3) is 4.92. The van der Waals surface area contributed by atoms with Gasteiger partial charge in [0.05, 0.1) is 13.3 Å². The van der Waals surface area contributed by atoms with Gasteiger partial charge in [0.15, 0.2) is 5.82 Å². The van der Waals surface area contributed by atoms with Gasteiger partial charge in [0.2, 0.25) is 5.95 Å². The van der Waals surface area contributed by atoms with Gasteiger partial charge < -0.3 is 15.4 Å². The van der Waals surface area contributed by atoms with Crippen molar-refractivity contribution < 1.29 is 4.74 Å². The Kier molecular flexibility index (Phi) is 5.63. The Bertz CT molecular complexity index is 861. The number of nitrogens with one attached hydrogen (secondary N) is 2. The first-order valence-electron chi connectivity index (χ1n) is 8.54. The largest absolute Gasteiger partial charge is 0.497 e. The zero-order chi connectivity index (χ0) is 18.4. The summed E-state index contributed by atoms with van der Waals surface area (Å²) in [4.78, 5) is 4.47. The van der Waals surface area contributed by atoms with Crippen LogP contribution in [0.5, 0.6) is 5.75 Å². The molecule has 134 valence electrons. The molecule has 2 aromatic carbocycles. The van der Waals surface area contributed by atoms with Gasteiger partial charge in [-0.3, -0.25) is 0 Å². The standard InChI is InChI=1S/C20H23N5O/c1-14-9-15(2)11-17(10-14)23-20-24-19(13-22-25-20)21-8-7-16-5-4-6-18(12-16)26-3/h4-6,9-13H,7-8H2,1-3H3,(H2,21,23,24,25). The number of anilines is 3. The summed E-state index contributed by atoms with van der Waals surface area (Å²) in [6.07, 6.45) is 2.49. The second kappa shape index (κ2) is 8.29. The van der Waals surface area contributed by atoms with Gasteiger partial charge in [-0.15, -0.1) is 5.10 Å². The first kappa shape index (κ1) is 17.7. The van der Waals surface area contributed by atoms with Gasteiger partial charge in [0, 0.05) is 12.2 Å². The normalized spacial score (nSPS) is 10.4. The summed E-state index contributed by atoms with van der Waals surface area (Å²) < 4.78 is 5.25. The SMILES string of the molecule is COc1cccc(CCNc2cnnc(Nc3cc(C)cc(C)c3)n2)c1. The molecular weight excluding hydrogens is 326 g/mol. The van der Waals surface area contributed by atoms with Crippen LogP contribution in [-0.4, -0.2) is 28.8 Å². The van der Waals surface area contributed by atoms with Crippen molar-refractivity contribution in [3.8, 4) is 5.75 Å². The average Bonchev–Trinajstić information content (AvgIpc) is 2.61. The molecule has 0 saturated heterocycles. The fourth-order valence-electron chi connectivity index (χ4n) is 2.78. The van der Waals surface area contributed by atoms with E-state index in [1.165, 1.54) is 16.7 Å². The minimum absolute atomic E-state index is 0.474. The predicted octanol–water partition coefficient (Wildman–Crippen LogP) is 3.90. The van der Waals surface area contributed by atoms with Crippen molar-refractivity contribution in [3.05, 3.63) is 65.4 Å². The van der Waals surface area contributed by atoms with Crippen molar-refractivity contribution in [2.24, 2.45) is 0 Å². The molecule has 1 heterocycles. The van der Waals surface area contributed by atoms with E-state index >= 15 is 0 Å². The highest BCUT2D eigenvalue weighted by Crippen LogP contribution is 2.17. The molecule has 2 N–H and O–H groups in total. The number of ether oxygens (including phenoxy) is 1. The molecule has 0 fully saturated rings. The zero-order valence-corrected chi connectivity index (χ0v) is 15.3. The highest BCUT2D eigenvalue weighted by molar-refractivity contribution is 5.56. The van der Waals surface area contributed by atoms with E-state index in [-0.39, 0.29) is 0 Å². The first-order chi connectivity index (χ1) is 12.6. The minimum atomic E-state index is 0.474. The van der Waals surface area contributed by atoms with E-state index in [0.717, 1.165) is 24.4 Å². The molecule has 0 amide bonds. The zero-order valence-electron chi connectivity index (χ0n) is 15.3. The van der Waals surface area contributed by atoms with E-state index in [1.807, 2.05) is 18.2 Å². The number of nitrogens with zero attached hydrogens (tertiary/aromatic N) is 3. The Morgan fingerprint density at radius 3 is 2.62 bits per heavy atom. The number of hydrogen-bond donors (Lipinski definition) is 2. The molecule has 0 saturated carbocycles. The molecule has 6 heteroatoms. The number of benzene rings is 2. The van der Waals surface area contributed by atoms with Crippen LogP contribution in [0, 0.1) is 13.8 Å². The van der Waals surface area contributed by atoms with Crippen LogP contribution >= 0.6 is 0 Å². The van der Waals surface area contributed by atoms with Crippen LogP contribution < -0.4 is 15.4 Å². The number of aryl methyl sites for hydroxylation is 2.